The fourth-order valence-electron chi connectivity index (χ4n) is 2.12. The first-order valence-electron chi connectivity index (χ1n) is 6.39. The van der Waals surface area contributed by atoms with Gasteiger partial charge < -0.3 is 0 Å². The lowest BCUT2D eigenvalue weighted by atomic mass is 10.1. The lowest BCUT2D eigenvalue weighted by molar-refractivity contribution is -0.142. The van der Waals surface area contributed by atoms with Crippen LogP contribution in [0.3, 0.4) is 0 Å². The van der Waals surface area contributed by atoms with E-state index >= 15 is 0 Å². The third-order valence-electron chi connectivity index (χ3n) is 3.20. The minimum absolute atomic E-state index is 0.0208. The number of hydrogen-bond donors (Lipinski definition) is 0. The maximum absolute atomic E-state index is 13.2. The number of alkyl halides is 3. The Morgan fingerprint density at radius 1 is 1.14 bits per heavy atom. The molecule has 0 amide bonds. The third kappa shape index (κ3) is 2.45. The molecule has 0 spiro atoms. The van der Waals surface area contributed by atoms with Gasteiger partial charge in [-0.05, 0) is 13.0 Å². The molecule has 0 bridgehead atoms. The Balaban J connectivity index is 2.28. The molecule has 0 radical (unpaired) electrons. The number of carbonyl (C=O) groups is 1. The zero-order chi connectivity index (χ0) is 15.9. The summed E-state index contributed by atoms with van der Waals surface area (Å²) < 4.78 is 40.3. The molecule has 0 saturated carbocycles. The highest BCUT2D eigenvalue weighted by Crippen LogP contribution is 2.32. The average molecular weight is 305 g/mol. The second-order valence-corrected chi connectivity index (χ2v) is 4.85. The molecule has 22 heavy (non-hydrogen) atoms. The van der Waals surface area contributed by atoms with Crippen molar-refractivity contribution < 1.29 is 18.0 Å². The van der Waals surface area contributed by atoms with Crippen LogP contribution >= 0.6 is 0 Å². The second kappa shape index (κ2) is 4.94. The van der Waals surface area contributed by atoms with Gasteiger partial charge in [0.2, 0.25) is 0 Å². The Bertz CT molecular complexity index is 851. The molecule has 0 aliphatic carbocycles. The Hall–Kier alpha value is -2.70. The smallest absolute Gasteiger partial charge is 0.296 e. The first kappa shape index (κ1) is 14.2. The van der Waals surface area contributed by atoms with Crippen LogP contribution in [0.25, 0.3) is 16.9 Å². The lowest BCUT2D eigenvalue weighted by Gasteiger charge is -2.11. The number of nitrogens with zero attached hydrogens (tertiary/aromatic N) is 3. The molecule has 0 atom stereocenters. The fraction of sp³-hybridized carbons (Fsp3) is 0.133. The first-order valence-corrected chi connectivity index (χ1v) is 6.39. The van der Waals surface area contributed by atoms with Gasteiger partial charge in [-0.2, -0.15) is 18.3 Å². The number of aryl methyl sites for hydroxylation is 1. The molecule has 2 aromatic heterocycles. The predicted octanol–water partition coefficient (Wildman–Crippen LogP) is 3.54. The Morgan fingerprint density at radius 3 is 2.41 bits per heavy atom. The van der Waals surface area contributed by atoms with Crippen molar-refractivity contribution in [3.05, 3.63) is 53.3 Å². The largest absolute Gasteiger partial charge is 0.433 e. The van der Waals surface area contributed by atoms with Crippen molar-refractivity contribution in [3.63, 3.8) is 0 Å². The van der Waals surface area contributed by atoms with E-state index in [0.717, 1.165) is 11.6 Å². The number of fused-ring (bicyclic) bond motifs is 1. The van der Waals surface area contributed by atoms with Crippen LogP contribution < -0.4 is 0 Å². The van der Waals surface area contributed by atoms with Gasteiger partial charge in [0.05, 0.1) is 5.69 Å². The van der Waals surface area contributed by atoms with Crippen LogP contribution in [-0.4, -0.2) is 20.9 Å². The van der Waals surface area contributed by atoms with E-state index in [-0.39, 0.29) is 17.0 Å². The van der Waals surface area contributed by atoms with E-state index in [4.69, 9.17) is 0 Å². The van der Waals surface area contributed by atoms with Crippen LogP contribution in [0.2, 0.25) is 0 Å². The van der Waals surface area contributed by atoms with Crippen molar-refractivity contribution in [2.45, 2.75) is 13.1 Å². The van der Waals surface area contributed by atoms with E-state index in [2.05, 4.69) is 10.1 Å². The molecule has 1 aromatic carbocycles. The van der Waals surface area contributed by atoms with Gasteiger partial charge in [-0.1, -0.05) is 29.8 Å². The molecule has 0 saturated heterocycles. The second-order valence-electron chi connectivity index (χ2n) is 4.85. The normalized spacial score (nSPS) is 11.8. The number of halogens is 3. The highest BCUT2D eigenvalue weighted by Gasteiger charge is 2.35. The number of hydrogen-bond acceptors (Lipinski definition) is 3. The van der Waals surface area contributed by atoms with Gasteiger partial charge in [-0.15, -0.1) is 0 Å². The van der Waals surface area contributed by atoms with Gasteiger partial charge >= 0.3 is 6.18 Å². The Kier molecular flexibility index (Phi) is 3.20. The molecule has 0 aliphatic rings. The van der Waals surface area contributed by atoms with Gasteiger partial charge in [0.25, 0.3) is 0 Å². The summed E-state index contributed by atoms with van der Waals surface area (Å²) in [6, 6.07) is 9.14. The molecule has 3 rings (SSSR count). The maximum atomic E-state index is 13.2. The van der Waals surface area contributed by atoms with Gasteiger partial charge in [0.15, 0.2) is 17.6 Å². The number of rotatable bonds is 2. The van der Waals surface area contributed by atoms with Crippen molar-refractivity contribution in [2.75, 3.05) is 0 Å². The summed E-state index contributed by atoms with van der Waals surface area (Å²) >= 11 is 0. The molecule has 0 aliphatic heterocycles. The van der Waals surface area contributed by atoms with Crippen molar-refractivity contribution in [3.8, 4) is 11.3 Å². The number of carbonyl (C=O) groups excluding carboxylic acids is 1. The summed E-state index contributed by atoms with van der Waals surface area (Å²) in [7, 11) is 0. The summed E-state index contributed by atoms with van der Waals surface area (Å²) in [6.07, 6.45) is -4.22. The number of aromatic nitrogens is 3. The molecule has 0 N–H and O–H groups in total. The minimum Gasteiger partial charge on any atom is -0.296 e. The Labute approximate surface area is 123 Å². The third-order valence-corrected chi connectivity index (χ3v) is 3.20. The van der Waals surface area contributed by atoms with E-state index in [9.17, 15) is 18.0 Å². The molecule has 3 aromatic rings. The van der Waals surface area contributed by atoms with Crippen LogP contribution in [0.15, 0.2) is 36.4 Å². The SMILES string of the molecule is Cc1ccc(-c2cc(C(F)(F)F)n3nc(C=O)cc3n2)cc1. The Morgan fingerprint density at radius 2 is 1.82 bits per heavy atom. The van der Waals surface area contributed by atoms with Crippen LogP contribution in [0, 0.1) is 6.92 Å². The van der Waals surface area contributed by atoms with Crippen molar-refractivity contribution in [1.29, 1.82) is 0 Å². The standard InChI is InChI=1S/C15H10F3N3O/c1-9-2-4-10(5-3-9)12-7-13(15(16,17)18)21-14(19-12)6-11(8-22)20-21/h2-8H,1H3. The zero-order valence-electron chi connectivity index (χ0n) is 11.4. The predicted molar refractivity (Wildman–Crippen MR) is 73.5 cm³/mol. The molecule has 112 valence electrons. The molecular weight excluding hydrogens is 295 g/mol. The van der Waals surface area contributed by atoms with Gasteiger partial charge in [0, 0.05) is 11.6 Å². The van der Waals surface area contributed by atoms with Crippen molar-refractivity contribution >= 4 is 11.9 Å². The van der Waals surface area contributed by atoms with Crippen LogP contribution in [0.5, 0.6) is 0 Å². The molecule has 2 heterocycles. The molecule has 7 heteroatoms. The molecule has 0 unspecified atom stereocenters. The van der Waals surface area contributed by atoms with Crippen LogP contribution in [0.4, 0.5) is 13.2 Å². The quantitative estimate of drug-likeness (QED) is 0.680. The highest BCUT2D eigenvalue weighted by atomic mass is 19.4. The van der Waals surface area contributed by atoms with Crippen LogP contribution in [0.1, 0.15) is 21.7 Å². The summed E-state index contributed by atoms with van der Waals surface area (Å²) in [5, 5.41) is 3.61. The fourth-order valence-corrected chi connectivity index (χ4v) is 2.12. The van der Waals surface area contributed by atoms with Crippen molar-refractivity contribution in [1.82, 2.24) is 14.6 Å². The molecule has 0 fully saturated rings. The summed E-state index contributed by atoms with van der Waals surface area (Å²) in [5.74, 6) is 0. The topological polar surface area (TPSA) is 47.3 Å². The monoisotopic (exact) mass is 305 g/mol. The lowest BCUT2D eigenvalue weighted by Crippen LogP contribution is -2.13. The van der Waals surface area contributed by atoms with E-state index in [1.807, 2.05) is 6.92 Å². The number of benzene rings is 1. The van der Waals surface area contributed by atoms with E-state index in [1.54, 1.807) is 24.3 Å². The number of aldehydes is 1. The summed E-state index contributed by atoms with van der Waals surface area (Å²) in [4.78, 5) is 14.9. The molecular formula is C15H10F3N3O. The maximum Gasteiger partial charge on any atom is 0.433 e. The summed E-state index contributed by atoms with van der Waals surface area (Å²) in [6.45, 7) is 1.88. The van der Waals surface area contributed by atoms with Crippen molar-refractivity contribution in [2.24, 2.45) is 0 Å². The first-order chi connectivity index (χ1) is 10.4. The highest BCUT2D eigenvalue weighted by molar-refractivity contribution is 5.75. The molecule has 4 nitrogen and oxygen atoms in total. The van der Waals surface area contributed by atoms with E-state index < -0.39 is 11.9 Å². The van der Waals surface area contributed by atoms with Gasteiger partial charge in [-0.3, -0.25) is 4.79 Å². The van der Waals surface area contributed by atoms with Gasteiger partial charge in [-0.25, -0.2) is 9.50 Å². The average Bonchev–Trinajstić information content (AvgIpc) is 2.88. The van der Waals surface area contributed by atoms with E-state index in [1.165, 1.54) is 6.07 Å². The van der Waals surface area contributed by atoms with E-state index in [0.29, 0.717) is 16.4 Å². The summed E-state index contributed by atoms with van der Waals surface area (Å²) in [5.41, 5.74) is 0.644. The zero-order valence-corrected chi connectivity index (χ0v) is 11.4. The minimum atomic E-state index is -4.60. The van der Waals surface area contributed by atoms with Crippen LogP contribution in [-0.2, 0) is 6.18 Å². The van der Waals surface area contributed by atoms with Gasteiger partial charge in [0.1, 0.15) is 5.69 Å².